The van der Waals surface area contributed by atoms with Crippen LogP contribution in [0.3, 0.4) is 0 Å². The van der Waals surface area contributed by atoms with Crippen molar-refractivity contribution in [3.8, 4) is 5.75 Å². The summed E-state index contributed by atoms with van der Waals surface area (Å²) in [6.07, 6.45) is 1.25. The van der Waals surface area contributed by atoms with Crippen molar-refractivity contribution < 1.29 is 9.50 Å². The monoisotopic (exact) mass is 304 g/mol. The minimum atomic E-state index is -0.821. The molecule has 1 aromatic carbocycles. The Hall–Kier alpha value is -2.40. The smallest absolute Gasteiger partial charge is 0.255 e. The Morgan fingerprint density at radius 2 is 2.00 bits per heavy atom. The maximum absolute atomic E-state index is 14.3. The van der Waals surface area contributed by atoms with Crippen LogP contribution in [0.25, 0.3) is 10.9 Å². The average molecular weight is 305 g/mol. The average Bonchev–Trinajstić information content (AvgIpc) is 2.47. The molecule has 0 atom stereocenters. The topological polar surface area (TPSA) is 55.1 Å². The highest BCUT2D eigenvalue weighted by Crippen LogP contribution is 2.27. The number of nitrogens with zero attached hydrogens (tertiary/aromatic N) is 2. The standard InChI is InChI=1S/C15H10ClFN2O2/c16-15-13(17)14-10(7-18-15)11(20)6-12(21)19(14)8-9-4-2-1-3-5-9/h1-7,20H,8H2. The van der Waals surface area contributed by atoms with Crippen LogP contribution in [0.4, 0.5) is 4.39 Å². The molecule has 0 radical (unpaired) electrons. The molecule has 0 aliphatic carbocycles. The number of halogens is 2. The first-order valence-corrected chi connectivity index (χ1v) is 6.56. The predicted octanol–water partition coefficient (Wildman–Crippen LogP) is 2.94. The Kier molecular flexibility index (Phi) is 3.35. The van der Waals surface area contributed by atoms with Crippen LogP contribution in [0.15, 0.2) is 47.4 Å². The molecule has 0 aliphatic rings. The van der Waals surface area contributed by atoms with Gasteiger partial charge in [-0.05, 0) is 5.56 Å². The van der Waals surface area contributed by atoms with Gasteiger partial charge in [0, 0.05) is 12.3 Å². The summed E-state index contributed by atoms with van der Waals surface area (Å²) < 4.78 is 15.5. The fraction of sp³-hybridized carbons (Fsp3) is 0.0667. The van der Waals surface area contributed by atoms with E-state index in [1.54, 1.807) is 0 Å². The maximum atomic E-state index is 14.3. The van der Waals surface area contributed by atoms with E-state index in [0.29, 0.717) is 0 Å². The molecule has 3 aromatic rings. The molecule has 2 aromatic heterocycles. The van der Waals surface area contributed by atoms with Crippen LogP contribution in [-0.4, -0.2) is 14.7 Å². The maximum Gasteiger partial charge on any atom is 0.255 e. The van der Waals surface area contributed by atoms with E-state index in [4.69, 9.17) is 11.6 Å². The van der Waals surface area contributed by atoms with Crippen LogP contribution < -0.4 is 5.56 Å². The Balaban J connectivity index is 2.31. The van der Waals surface area contributed by atoms with Gasteiger partial charge in [-0.3, -0.25) is 4.79 Å². The van der Waals surface area contributed by atoms with Crippen molar-refractivity contribution in [2.24, 2.45) is 0 Å². The third-order valence-electron chi connectivity index (χ3n) is 3.21. The van der Waals surface area contributed by atoms with Crippen molar-refractivity contribution in [1.82, 2.24) is 9.55 Å². The molecule has 0 fully saturated rings. The summed E-state index contributed by atoms with van der Waals surface area (Å²) in [5, 5.41) is 9.60. The summed E-state index contributed by atoms with van der Waals surface area (Å²) in [5.41, 5.74) is 0.271. The van der Waals surface area contributed by atoms with Gasteiger partial charge in [0.05, 0.1) is 17.4 Å². The van der Waals surface area contributed by atoms with E-state index in [2.05, 4.69) is 4.98 Å². The SMILES string of the molecule is O=c1cc(O)c2cnc(Cl)c(F)c2n1Cc1ccccc1. The first-order valence-electron chi connectivity index (χ1n) is 6.18. The molecule has 106 valence electrons. The molecule has 3 rings (SSSR count). The molecule has 0 aliphatic heterocycles. The molecule has 21 heavy (non-hydrogen) atoms. The lowest BCUT2D eigenvalue weighted by Gasteiger charge is -2.12. The van der Waals surface area contributed by atoms with Gasteiger partial charge in [-0.15, -0.1) is 0 Å². The van der Waals surface area contributed by atoms with Crippen LogP contribution >= 0.6 is 11.6 Å². The summed E-state index contributed by atoms with van der Waals surface area (Å²) in [6.45, 7) is 0.174. The second-order valence-corrected chi connectivity index (χ2v) is 4.92. The highest BCUT2D eigenvalue weighted by atomic mass is 35.5. The third-order valence-corrected chi connectivity index (χ3v) is 3.47. The third kappa shape index (κ3) is 2.36. The number of rotatable bonds is 2. The van der Waals surface area contributed by atoms with E-state index in [1.807, 2.05) is 30.3 Å². The summed E-state index contributed by atoms with van der Waals surface area (Å²) in [5.74, 6) is -1.14. The number of fused-ring (bicyclic) bond motifs is 1. The first-order chi connectivity index (χ1) is 10.1. The predicted molar refractivity (Wildman–Crippen MR) is 78.2 cm³/mol. The Morgan fingerprint density at radius 3 is 2.71 bits per heavy atom. The molecule has 4 nitrogen and oxygen atoms in total. The largest absolute Gasteiger partial charge is 0.507 e. The van der Waals surface area contributed by atoms with Crippen LogP contribution in [0.2, 0.25) is 5.15 Å². The quantitative estimate of drug-likeness (QED) is 0.741. The zero-order valence-corrected chi connectivity index (χ0v) is 11.5. The summed E-state index contributed by atoms with van der Waals surface area (Å²) in [6, 6.07) is 10.2. The lowest BCUT2D eigenvalue weighted by molar-refractivity contribution is 0.478. The number of hydrogen-bond acceptors (Lipinski definition) is 3. The molecule has 0 amide bonds. The fourth-order valence-corrected chi connectivity index (χ4v) is 2.35. The van der Waals surface area contributed by atoms with E-state index in [-0.39, 0.29) is 28.4 Å². The molecule has 2 heterocycles. The van der Waals surface area contributed by atoms with Crippen molar-refractivity contribution in [1.29, 1.82) is 0 Å². The second kappa shape index (κ2) is 5.18. The van der Waals surface area contributed by atoms with Gasteiger partial charge < -0.3 is 9.67 Å². The number of benzene rings is 1. The Bertz CT molecular complexity index is 878. The number of aromatic hydroxyl groups is 1. The van der Waals surface area contributed by atoms with Gasteiger partial charge in [0.1, 0.15) is 5.75 Å². The lowest BCUT2D eigenvalue weighted by Crippen LogP contribution is -2.21. The summed E-state index contributed by atoms with van der Waals surface area (Å²) in [4.78, 5) is 15.8. The highest BCUT2D eigenvalue weighted by molar-refractivity contribution is 6.30. The molecule has 1 N–H and O–H groups in total. The van der Waals surface area contributed by atoms with Gasteiger partial charge in [-0.2, -0.15) is 0 Å². The molecule has 6 heteroatoms. The van der Waals surface area contributed by atoms with Crippen LogP contribution in [0.5, 0.6) is 5.75 Å². The number of pyridine rings is 2. The first kappa shape index (κ1) is 13.6. The van der Waals surface area contributed by atoms with Gasteiger partial charge in [-0.1, -0.05) is 41.9 Å². The van der Waals surface area contributed by atoms with Gasteiger partial charge in [0.25, 0.3) is 5.56 Å². The van der Waals surface area contributed by atoms with Crippen LogP contribution in [0, 0.1) is 5.82 Å². The molecule has 0 bridgehead atoms. The Labute approximate surface area is 124 Å². The van der Waals surface area contributed by atoms with Gasteiger partial charge >= 0.3 is 0 Å². The molecular formula is C15H10ClFN2O2. The van der Waals surface area contributed by atoms with E-state index < -0.39 is 11.4 Å². The fourth-order valence-electron chi connectivity index (χ4n) is 2.21. The molecule has 0 saturated carbocycles. The number of hydrogen-bond donors (Lipinski definition) is 1. The van der Waals surface area contributed by atoms with Gasteiger partial charge in [-0.25, -0.2) is 9.37 Å². The van der Waals surface area contributed by atoms with Crippen LogP contribution in [-0.2, 0) is 6.54 Å². The van der Waals surface area contributed by atoms with Crippen molar-refractivity contribution in [3.05, 3.63) is 69.5 Å². The van der Waals surface area contributed by atoms with Crippen molar-refractivity contribution >= 4 is 22.5 Å². The molecular weight excluding hydrogens is 295 g/mol. The molecule has 0 unspecified atom stereocenters. The molecule has 0 saturated heterocycles. The minimum Gasteiger partial charge on any atom is -0.507 e. The number of aromatic nitrogens is 2. The highest BCUT2D eigenvalue weighted by Gasteiger charge is 2.16. The minimum absolute atomic E-state index is 0.0520. The summed E-state index contributed by atoms with van der Waals surface area (Å²) in [7, 11) is 0. The van der Waals surface area contributed by atoms with E-state index in [9.17, 15) is 14.3 Å². The van der Waals surface area contributed by atoms with Crippen molar-refractivity contribution in [3.63, 3.8) is 0 Å². The Morgan fingerprint density at radius 1 is 1.29 bits per heavy atom. The van der Waals surface area contributed by atoms with Crippen molar-refractivity contribution in [2.75, 3.05) is 0 Å². The van der Waals surface area contributed by atoms with Crippen molar-refractivity contribution in [2.45, 2.75) is 6.54 Å². The van der Waals surface area contributed by atoms with E-state index in [1.165, 1.54) is 10.8 Å². The zero-order valence-electron chi connectivity index (χ0n) is 10.8. The van der Waals surface area contributed by atoms with Crippen LogP contribution in [0.1, 0.15) is 5.56 Å². The van der Waals surface area contributed by atoms with Gasteiger partial charge in [0.15, 0.2) is 11.0 Å². The normalized spacial score (nSPS) is 11.0. The van der Waals surface area contributed by atoms with E-state index in [0.717, 1.165) is 11.6 Å². The lowest BCUT2D eigenvalue weighted by atomic mass is 10.2. The zero-order chi connectivity index (χ0) is 15.0. The summed E-state index contributed by atoms with van der Waals surface area (Å²) >= 11 is 5.68. The second-order valence-electron chi connectivity index (χ2n) is 4.56. The molecule has 0 spiro atoms. The van der Waals surface area contributed by atoms with E-state index >= 15 is 0 Å². The van der Waals surface area contributed by atoms with Gasteiger partial charge in [0.2, 0.25) is 0 Å².